The maximum atomic E-state index is 12.5. The Balaban J connectivity index is 1.94. The molecule has 124 valence electrons. The lowest BCUT2D eigenvalue weighted by Gasteiger charge is -2.00. The Morgan fingerprint density at radius 3 is 2.25 bits per heavy atom. The lowest BCUT2D eigenvalue weighted by molar-refractivity contribution is -0.156. The van der Waals surface area contributed by atoms with E-state index in [1.54, 1.807) is 0 Å². The van der Waals surface area contributed by atoms with Gasteiger partial charge in [-0.2, -0.15) is 13.2 Å². The van der Waals surface area contributed by atoms with E-state index in [0.717, 1.165) is 0 Å². The quantitative estimate of drug-likeness (QED) is 0.780. The van der Waals surface area contributed by atoms with Crippen LogP contribution in [0.1, 0.15) is 22.3 Å². The van der Waals surface area contributed by atoms with E-state index in [-0.39, 0.29) is 28.8 Å². The molecule has 3 aromatic rings. The normalized spacial score (nSPS) is 11.7. The monoisotopic (exact) mass is 339 g/mol. The first-order valence-corrected chi connectivity index (χ1v) is 6.48. The number of halogens is 3. The number of nitrogens with zero attached hydrogens (tertiary/aromatic N) is 3. The van der Waals surface area contributed by atoms with Crippen molar-refractivity contribution in [3.05, 3.63) is 41.8 Å². The zero-order valence-electron chi connectivity index (χ0n) is 12.0. The van der Waals surface area contributed by atoms with Gasteiger partial charge in [-0.25, -0.2) is 9.78 Å². The molecular formula is C14H8F3N3O4. The fourth-order valence-electron chi connectivity index (χ4n) is 1.99. The molecular weight excluding hydrogens is 331 g/mol. The molecule has 0 fully saturated rings. The molecule has 0 unspecified atom stereocenters. The second-order valence-corrected chi connectivity index (χ2v) is 4.70. The number of carboxylic acids is 1. The summed E-state index contributed by atoms with van der Waals surface area (Å²) in [6, 6.07) is 5.77. The van der Waals surface area contributed by atoms with Gasteiger partial charge in [0.25, 0.3) is 0 Å². The van der Waals surface area contributed by atoms with Crippen molar-refractivity contribution in [2.75, 3.05) is 0 Å². The van der Waals surface area contributed by atoms with Gasteiger partial charge in [-0.05, 0) is 12.1 Å². The molecule has 2 heterocycles. The topological polar surface area (TPSA) is 102 Å². The number of benzene rings is 1. The first-order valence-electron chi connectivity index (χ1n) is 6.48. The van der Waals surface area contributed by atoms with Gasteiger partial charge in [-0.3, -0.25) is 0 Å². The summed E-state index contributed by atoms with van der Waals surface area (Å²) in [4.78, 5) is 15.1. The van der Waals surface area contributed by atoms with Gasteiger partial charge in [0, 0.05) is 18.1 Å². The number of aromatic carboxylic acids is 1. The van der Waals surface area contributed by atoms with Crippen molar-refractivity contribution in [3.63, 3.8) is 0 Å². The lowest BCUT2D eigenvalue weighted by atomic mass is 10.1. The van der Waals surface area contributed by atoms with Crippen molar-refractivity contribution < 1.29 is 31.9 Å². The van der Waals surface area contributed by atoms with Crippen LogP contribution in [0.15, 0.2) is 33.1 Å². The third-order valence-corrected chi connectivity index (χ3v) is 3.00. The van der Waals surface area contributed by atoms with Crippen LogP contribution in [0.4, 0.5) is 13.2 Å². The standard InChI is InChI=1S/C14H8F3N3O4/c1-6-18-9(10(23-6)12(21)22)7-2-4-8(5-3-7)11-19-20-13(24-11)14(15,16)17/h2-5H,1H3,(H,21,22). The predicted molar refractivity (Wildman–Crippen MR) is 71.9 cm³/mol. The van der Waals surface area contributed by atoms with Gasteiger partial charge in [0.05, 0.1) is 0 Å². The van der Waals surface area contributed by atoms with Crippen LogP contribution in [0.2, 0.25) is 0 Å². The molecule has 0 radical (unpaired) electrons. The second-order valence-electron chi connectivity index (χ2n) is 4.70. The number of aromatic nitrogens is 3. The highest BCUT2D eigenvalue weighted by molar-refractivity contribution is 5.91. The second kappa shape index (κ2) is 5.48. The van der Waals surface area contributed by atoms with Gasteiger partial charge in [0.2, 0.25) is 11.7 Å². The van der Waals surface area contributed by atoms with Crippen molar-refractivity contribution in [1.82, 2.24) is 15.2 Å². The van der Waals surface area contributed by atoms with Crippen LogP contribution in [0.25, 0.3) is 22.7 Å². The molecule has 10 heteroatoms. The van der Waals surface area contributed by atoms with Crippen molar-refractivity contribution in [2.45, 2.75) is 13.1 Å². The van der Waals surface area contributed by atoms with E-state index in [9.17, 15) is 18.0 Å². The molecule has 0 saturated carbocycles. The highest BCUT2D eigenvalue weighted by Crippen LogP contribution is 2.31. The van der Waals surface area contributed by atoms with E-state index in [2.05, 4.69) is 19.6 Å². The Labute approximate surface area is 131 Å². The highest BCUT2D eigenvalue weighted by atomic mass is 19.4. The van der Waals surface area contributed by atoms with Crippen LogP contribution in [0.3, 0.4) is 0 Å². The molecule has 0 bridgehead atoms. The minimum Gasteiger partial charge on any atom is -0.475 e. The summed E-state index contributed by atoms with van der Waals surface area (Å²) in [5.41, 5.74) is 0.787. The van der Waals surface area contributed by atoms with Gasteiger partial charge < -0.3 is 13.9 Å². The van der Waals surface area contributed by atoms with E-state index in [0.29, 0.717) is 5.56 Å². The molecule has 0 aliphatic heterocycles. The molecule has 2 aromatic heterocycles. The molecule has 0 aliphatic rings. The van der Waals surface area contributed by atoms with Crippen LogP contribution in [0, 0.1) is 6.92 Å². The summed E-state index contributed by atoms with van der Waals surface area (Å²) in [7, 11) is 0. The highest BCUT2D eigenvalue weighted by Gasteiger charge is 2.38. The number of alkyl halides is 3. The maximum absolute atomic E-state index is 12.5. The zero-order chi connectivity index (χ0) is 17.5. The Hall–Kier alpha value is -3.17. The van der Waals surface area contributed by atoms with E-state index in [1.165, 1.54) is 31.2 Å². The SMILES string of the molecule is Cc1nc(-c2ccc(-c3nnc(C(F)(F)F)o3)cc2)c(C(=O)O)o1. The number of carboxylic acid groups (broad SMARTS) is 1. The minimum atomic E-state index is -4.72. The number of aryl methyl sites for hydroxylation is 1. The van der Waals surface area contributed by atoms with E-state index >= 15 is 0 Å². The van der Waals surface area contributed by atoms with Gasteiger partial charge >= 0.3 is 18.0 Å². The van der Waals surface area contributed by atoms with Crippen molar-refractivity contribution in [1.29, 1.82) is 0 Å². The van der Waals surface area contributed by atoms with Gasteiger partial charge in [0.1, 0.15) is 5.69 Å². The summed E-state index contributed by atoms with van der Waals surface area (Å²) < 4.78 is 46.9. The largest absolute Gasteiger partial charge is 0.475 e. The van der Waals surface area contributed by atoms with Crippen LogP contribution in [-0.4, -0.2) is 26.3 Å². The van der Waals surface area contributed by atoms with Crippen molar-refractivity contribution >= 4 is 5.97 Å². The number of rotatable bonds is 3. The third-order valence-electron chi connectivity index (χ3n) is 3.00. The molecule has 0 amide bonds. The van der Waals surface area contributed by atoms with Crippen LogP contribution < -0.4 is 0 Å². The fourth-order valence-corrected chi connectivity index (χ4v) is 1.99. The third kappa shape index (κ3) is 2.85. The first kappa shape index (κ1) is 15.7. The summed E-state index contributed by atoms with van der Waals surface area (Å²) >= 11 is 0. The lowest BCUT2D eigenvalue weighted by Crippen LogP contribution is -2.04. The molecule has 1 aromatic carbocycles. The molecule has 0 spiro atoms. The molecule has 0 atom stereocenters. The number of carbonyl (C=O) groups is 1. The smallest absolute Gasteiger partial charge is 0.470 e. The van der Waals surface area contributed by atoms with Crippen LogP contribution in [0.5, 0.6) is 0 Å². The Morgan fingerprint density at radius 2 is 1.71 bits per heavy atom. The van der Waals surface area contributed by atoms with Crippen molar-refractivity contribution in [3.8, 4) is 22.7 Å². The molecule has 0 aliphatic carbocycles. The number of hydrogen-bond acceptors (Lipinski definition) is 6. The van der Waals surface area contributed by atoms with Gasteiger partial charge in [-0.1, -0.05) is 12.1 Å². The fraction of sp³-hybridized carbons (Fsp3) is 0.143. The van der Waals surface area contributed by atoms with Crippen molar-refractivity contribution in [2.24, 2.45) is 0 Å². The zero-order valence-corrected chi connectivity index (χ0v) is 12.0. The number of oxazole rings is 1. The average molecular weight is 339 g/mol. The summed E-state index contributed by atoms with van der Waals surface area (Å²) in [5.74, 6) is -3.16. The van der Waals surface area contributed by atoms with Gasteiger partial charge in [-0.15, -0.1) is 10.2 Å². The molecule has 7 nitrogen and oxygen atoms in total. The number of hydrogen-bond donors (Lipinski definition) is 1. The summed E-state index contributed by atoms with van der Waals surface area (Å²) in [5, 5.41) is 15.4. The van der Waals surface area contributed by atoms with E-state index < -0.39 is 18.0 Å². The summed E-state index contributed by atoms with van der Waals surface area (Å²) in [6.45, 7) is 1.50. The average Bonchev–Trinajstić information content (AvgIpc) is 3.13. The molecule has 3 rings (SSSR count). The Bertz CT molecular complexity index is 897. The minimum absolute atomic E-state index is 0.119. The predicted octanol–water partition coefficient (Wildman–Crippen LogP) is 3.42. The maximum Gasteiger partial charge on any atom is 0.470 e. The Morgan fingerprint density at radius 1 is 1.08 bits per heavy atom. The van der Waals surface area contributed by atoms with Crippen LogP contribution >= 0.6 is 0 Å². The molecule has 0 saturated heterocycles. The first-order chi connectivity index (χ1) is 11.3. The van der Waals surface area contributed by atoms with E-state index in [4.69, 9.17) is 9.52 Å². The van der Waals surface area contributed by atoms with Gasteiger partial charge in [0.15, 0.2) is 5.89 Å². The molecule has 24 heavy (non-hydrogen) atoms. The van der Waals surface area contributed by atoms with Crippen LogP contribution in [-0.2, 0) is 6.18 Å². The summed E-state index contributed by atoms with van der Waals surface area (Å²) in [6.07, 6.45) is -4.72. The molecule has 1 N–H and O–H groups in total. The van der Waals surface area contributed by atoms with E-state index in [1.807, 2.05) is 0 Å². The Kier molecular flexibility index (Phi) is 3.59.